The fourth-order valence-corrected chi connectivity index (χ4v) is 1.29. The Morgan fingerprint density at radius 1 is 1.31 bits per heavy atom. The Balaban J connectivity index is 3.08. The lowest BCUT2D eigenvalue weighted by Crippen LogP contribution is -2.22. The zero-order valence-electron chi connectivity index (χ0n) is 7.45. The van der Waals surface area contributed by atoms with Crippen molar-refractivity contribution in [2.45, 2.75) is 18.6 Å². The molecule has 1 N–H and O–H groups in total. The van der Waals surface area contributed by atoms with Crippen molar-refractivity contribution < 1.29 is 13.2 Å². The van der Waals surface area contributed by atoms with E-state index in [2.05, 4.69) is 0 Å². The fraction of sp³-hybridized carbons (Fsp3) is 0.333. The van der Waals surface area contributed by atoms with Crippen LogP contribution in [0.15, 0.2) is 24.3 Å². The molecule has 0 bridgehead atoms. The van der Waals surface area contributed by atoms with Gasteiger partial charge in [0.2, 0.25) is 0 Å². The van der Waals surface area contributed by atoms with E-state index in [4.69, 9.17) is 4.55 Å². The van der Waals surface area contributed by atoms with E-state index in [9.17, 15) is 8.60 Å². The monoisotopic (exact) mass is 202 g/mol. The maximum Gasteiger partial charge on any atom is 0.163 e. The topological polar surface area (TPSA) is 37.3 Å². The van der Waals surface area contributed by atoms with Crippen LogP contribution in [0.3, 0.4) is 0 Å². The third kappa shape index (κ3) is 2.14. The average Bonchev–Trinajstić information content (AvgIpc) is 2.04. The highest BCUT2D eigenvalue weighted by Gasteiger charge is 2.26. The van der Waals surface area contributed by atoms with Crippen LogP contribution < -0.4 is 0 Å². The molecule has 1 rings (SSSR count). The van der Waals surface area contributed by atoms with E-state index in [1.165, 1.54) is 24.3 Å². The molecule has 0 saturated carbocycles. The Bertz CT molecular complexity index is 319. The number of rotatable bonds is 2. The molecule has 4 heteroatoms. The molecule has 1 aromatic rings. The predicted molar refractivity (Wildman–Crippen MR) is 50.2 cm³/mol. The Morgan fingerprint density at radius 3 is 2.15 bits per heavy atom. The van der Waals surface area contributed by atoms with Gasteiger partial charge < -0.3 is 4.55 Å². The lowest BCUT2D eigenvalue weighted by atomic mass is 10.0. The van der Waals surface area contributed by atoms with Crippen molar-refractivity contribution in [1.29, 1.82) is 0 Å². The molecular formula is C9H11FO2S. The minimum absolute atomic E-state index is 0.344. The molecule has 0 aliphatic carbocycles. The molecule has 1 unspecified atom stereocenters. The van der Waals surface area contributed by atoms with Crippen molar-refractivity contribution in [2.75, 3.05) is 0 Å². The van der Waals surface area contributed by atoms with Gasteiger partial charge in [-0.2, -0.15) is 0 Å². The second kappa shape index (κ2) is 3.55. The molecule has 0 radical (unpaired) electrons. The maximum atomic E-state index is 12.5. The van der Waals surface area contributed by atoms with Crippen molar-refractivity contribution in [2.24, 2.45) is 0 Å². The fourth-order valence-electron chi connectivity index (χ4n) is 0.952. The zero-order valence-corrected chi connectivity index (χ0v) is 8.27. The van der Waals surface area contributed by atoms with Gasteiger partial charge in [-0.3, -0.25) is 0 Å². The van der Waals surface area contributed by atoms with E-state index in [1.54, 1.807) is 13.8 Å². The average molecular weight is 202 g/mol. The summed E-state index contributed by atoms with van der Waals surface area (Å²) in [5, 5.41) is 0. The molecule has 0 amide bonds. The first-order valence-electron chi connectivity index (χ1n) is 3.81. The van der Waals surface area contributed by atoms with Crippen molar-refractivity contribution >= 4 is 11.1 Å². The summed E-state index contributed by atoms with van der Waals surface area (Å²) in [5.74, 6) is -0.344. The second-order valence-electron chi connectivity index (χ2n) is 3.27. The summed E-state index contributed by atoms with van der Waals surface area (Å²) in [5.41, 5.74) is 0.648. The van der Waals surface area contributed by atoms with Gasteiger partial charge in [-0.1, -0.05) is 12.1 Å². The summed E-state index contributed by atoms with van der Waals surface area (Å²) in [4.78, 5) is 0. The third-order valence-electron chi connectivity index (χ3n) is 1.98. The Hall–Kier alpha value is -0.740. The summed E-state index contributed by atoms with van der Waals surface area (Å²) in [6.45, 7) is 3.27. The van der Waals surface area contributed by atoms with Gasteiger partial charge >= 0.3 is 0 Å². The largest absolute Gasteiger partial charge is 0.305 e. The highest BCUT2D eigenvalue weighted by molar-refractivity contribution is 7.80. The van der Waals surface area contributed by atoms with Gasteiger partial charge in [0.15, 0.2) is 11.1 Å². The molecule has 0 heterocycles. The van der Waals surface area contributed by atoms with Crippen molar-refractivity contribution in [3.05, 3.63) is 35.6 Å². The molecule has 0 fully saturated rings. The Morgan fingerprint density at radius 2 is 1.77 bits per heavy atom. The lowest BCUT2D eigenvalue weighted by Gasteiger charge is -2.20. The molecular weight excluding hydrogens is 191 g/mol. The van der Waals surface area contributed by atoms with Crippen LogP contribution >= 0.6 is 0 Å². The van der Waals surface area contributed by atoms with Gasteiger partial charge in [0, 0.05) is 0 Å². The lowest BCUT2D eigenvalue weighted by molar-refractivity contribution is 0.522. The van der Waals surface area contributed by atoms with Crippen LogP contribution in [0.5, 0.6) is 0 Å². The smallest absolute Gasteiger partial charge is 0.163 e. The van der Waals surface area contributed by atoms with Crippen LogP contribution in [-0.2, 0) is 15.8 Å². The summed E-state index contributed by atoms with van der Waals surface area (Å²) < 4.78 is 31.6. The first kappa shape index (κ1) is 10.3. The van der Waals surface area contributed by atoms with Crippen LogP contribution in [0.2, 0.25) is 0 Å². The van der Waals surface area contributed by atoms with E-state index >= 15 is 0 Å². The van der Waals surface area contributed by atoms with Crippen LogP contribution in [0.25, 0.3) is 0 Å². The second-order valence-corrected chi connectivity index (χ2v) is 4.79. The standard InChI is InChI=1S/C9H11FO2S/c1-9(2,13(11)12)7-3-5-8(10)6-4-7/h3-6H,1-2H3,(H,11,12). The highest BCUT2D eigenvalue weighted by Crippen LogP contribution is 2.25. The van der Waals surface area contributed by atoms with Gasteiger partial charge in [0.05, 0.1) is 4.75 Å². The van der Waals surface area contributed by atoms with Crippen molar-refractivity contribution in [3.8, 4) is 0 Å². The van der Waals surface area contributed by atoms with Crippen LogP contribution in [-0.4, -0.2) is 8.76 Å². The molecule has 2 nitrogen and oxygen atoms in total. The van der Waals surface area contributed by atoms with Crippen LogP contribution in [0, 0.1) is 5.82 Å². The van der Waals surface area contributed by atoms with Crippen LogP contribution in [0.4, 0.5) is 4.39 Å². The van der Waals surface area contributed by atoms with E-state index in [0.29, 0.717) is 5.56 Å². The molecule has 0 aliphatic rings. The normalized spacial score (nSPS) is 14.2. The third-order valence-corrected chi connectivity index (χ3v) is 3.08. The van der Waals surface area contributed by atoms with Gasteiger partial charge in [-0.05, 0) is 31.5 Å². The number of hydrogen-bond acceptors (Lipinski definition) is 1. The quantitative estimate of drug-likeness (QED) is 0.747. The highest BCUT2D eigenvalue weighted by atomic mass is 32.2. The van der Waals surface area contributed by atoms with Crippen molar-refractivity contribution in [1.82, 2.24) is 0 Å². The molecule has 0 aliphatic heterocycles. The van der Waals surface area contributed by atoms with E-state index in [-0.39, 0.29) is 5.82 Å². The van der Waals surface area contributed by atoms with E-state index in [0.717, 1.165) is 0 Å². The predicted octanol–water partition coefficient (Wildman–Crippen LogP) is 2.28. The number of benzene rings is 1. The number of hydrogen-bond donors (Lipinski definition) is 1. The summed E-state index contributed by atoms with van der Waals surface area (Å²) in [7, 11) is 0. The first-order valence-corrected chi connectivity index (χ1v) is 4.92. The summed E-state index contributed by atoms with van der Waals surface area (Å²) in [6.07, 6.45) is 0. The summed E-state index contributed by atoms with van der Waals surface area (Å²) >= 11 is -1.96. The maximum absolute atomic E-state index is 12.5. The van der Waals surface area contributed by atoms with E-state index in [1.807, 2.05) is 0 Å². The number of halogens is 1. The molecule has 0 aromatic heterocycles. The molecule has 1 aromatic carbocycles. The van der Waals surface area contributed by atoms with Gasteiger partial charge in [-0.15, -0.1) is 0 Å². The molecule has 13 heavy (non-hydrogen) atoms. The molecule has 72 valence electrons. The minimum atomic E-state index is -1.96. The first-order chi connectivity index (χ1) is 5.94. The molecule has 1 atom stereocenters. The van der Waals surface area contributed by atoms with Crippen molar-refractivity contribution in [3.63, 3.8) is 0 Å². The molecule has 0 saturated heterocycles. The van der Waals surface area contributed by atoms with Gasteiger partial charge in [0.1, 0.15) is 5.82 Å². The SMILES string of the molecule is CC(C)(c1ccc(F)cc1)S(=O)O. The van der Waals surface area contributed by atoms with Crippen LogP contribution in [0.1, 0.15) is 19.4 Å². The Labute approximate surface area is 79.1 Å². The Kier molecular flexibility index (Phi) is 2.83. The minimum Gasteiger partial charge on any atom is -0.305 e. The summed E-state index contributed by atoms with van der Waals surface area (Å²) in [6, 6.07) is 5.60. The molecule has 0 spiro atoms. The zero-order chi connectivity index (χ0) is 10.1. The van der Waals surface area contributed by atoms with Gasteiger partial charge in [0.25, 0.3) is 0 Å². The van der Waals surface area contributed by atoms with Gasteiger partial charge in [-0.25, -0.2) is 8.60 Å². The van der Waals surface area contributed by atoms with E-state index < -0.39 is 15.8 Å².